The number of aromatic nitrogens is 4. The van der Waals surface area contributed by atoms with Gasteiger partial charge in [-0.15, -0.1) is 10.2 Å². The van der Waals surface area contributed by atoms with Gasteiger partial charge < -0.3 is 0 Å². The summed E-state index contributed by atoms with van der Waals surface area (Å²) in [5, 5.41) is 17.2. The molecule has 1 aliphatic carbocycles. The van der Waals surface area contributed by atoms with Gasteiger partial charge >= 0.3 is 0 Å². The number of amides is 1. The lowest BCUT2D eigenvalue weighted by molar-refractivity contribution is -0.111. The lowest BCUT2D eigenvalue weighted by atomic mass is 10.1. The second-order valence-electron chi connectivity index (χ2n) is 7.27. The molecule has 1 saturated carbocycles. The maximum atomic E-state index is 12.2. The van der Waals surface area contributed by atoms with Crippen LogP contribution in [0.15, 0.2) is 30.3 Å². The van der Waals surface area contributed by atoms with Crippen molar-refractivity contribution in [2.24, 2.45) is 0 Å². The van der Waals surface area contributed by atoms with Crippen molar-refractivity contribution in [3.05, 3.63) is 63.4 Å². The summed E-state index contributed by atoms with van der Waals surface area (Å²) in [5.74, 6) is 0.340. The normalized spacial score (nSPS) is 14.0. The Hall–Kier alpha value is -2.80. The van der Waals surface area contributed by atoms with Gasteiger partial charge in [0, 0.05) is 23.3 Å². The number of nitrogens with one attached hydrogen (secondary N) is 1. The van der Waals surface area contributed by atoms with E-state index in [1.54, 1.807) is 0 Å². The maximum Gasteiger partial charge on any atom is 0.250 e. The largest absolute Gasteiger partial charge is 0.297 e. The summed E-state index contributed by atoms with van der Waals surface area (Å²) in [6.07, 6.45) is 5.70. The van der Waals surface area contributed by atoms with Crippen molar-refractivity contribution in [1.82, 2.24) is 20.0 Å². The zero-order chi connectivity index (χ0) is 19.7. The van der Waals surface area contributed by atoms with Crippen molar-refractivity contribution in [3.63, 3.8) is 0 Å². The molecule has 28 heavy (non-hydrogen) atoms. The quantitative estimate of drug-likeness (QED) is 0.636. The number of rotatable bonds is 6. The Morgan fingerprint density at radius 1 is 1.21 bits per heavy atom. The number of carbonyl (C=O) groups is 1. The summed E-state index contributed by atoms with van der Waals surface area (Å²) in [4.78, 5) is 12.2. The molecule has 4 rings (SSSR count). The summed E-state index contributed by atoms with van der Waals surface area (Å²) >= 11 is 1.46. The smallest absolute Gasteiger partial charge is 0.250 e. The first-order valence-electron chi connectivity index (χ1n) is 9.41. The first-order valence-corrected chi connectivity index (χ1v) is 10.2. The molecule has 0 unspecified atom stereocenters. The third-order valence-electron chi connectivity index (χ3n) is 4.89. The van der Waals surface area contributed by atoms with E-state index in [4.69, 9.17) is 0 Å². The highest BCUT2D eigenvalue weighted by Crippen LogP contribution is 2.42. The van der Waals surface area contributed by atoms with Gasteiger partial charge in [-0.3, -0.25) is 14.8 Å². The number of benzene rings is 1. The fourth-order valence-electron chi connectivity index (χ4n) is 3.06. The van der Waals surface area contributed by atoms with E-state index in [1.165, 1.54) is 41.4 Å². The zero-order valence-electron chi connectivity index (χ0n) is 16.3. The number of hydrogen-bond acceptors (Lipinski definition) is 5. The van der Waals surface area contributed by atoms with Gasteiger partial charge in [0.1, 0.15) is 5.01 Å². The Balaban J connectivity index is 1.43. The van der Waals surface area contributed by atoms with Gasteiger partial charge in [-0.25, -0.2) is 0 Å². The summed E-state index contributed by atoms with van der Waals surface area (Å²) in [6, 6.07) is 8.45. The molecule has 1 amide bonds. The molecule has 0 atom stereocenters. The number of carbonyl (C=O) groups excluding carboxylic acids is 1. The minimum absolute atomic E-state index is 0.205. The number of hydrogen-bond donors (Lipinski definition) is 1. The van der Waals surface area contributed by atoms with E-state index in [2.05, 4.69) is 51.8 Å². The van der Waals surface area contributed by atoms with Crippen LogP contribution in [0.5, 0.6) is 0 Å². The summed E-state index contributed by atoms with van der Waals surface area (Å²) in [7, 11) is 0. The van der Waals surface area contributed by atoms with Gasteiger partial charge in [0.05, 0.1) is 12.2 Å². The van der Waals surface area contributed by atoms with Crippen molar-refractivity contribution < 1.29 is 4.79 Å². The van der Waals surface area contributed by atoms with Gasteiger partial charge in [0.2, 0.25) is 11.0 Å². The van der Waals surface area contributed by atoms with E-state index < -0.39 is 0 Å². The van der Waals surface area contributed by atoms with E-state index in [9.17, 15) is 4.79 Å². The highest BCUT2D eigenvalue weighted by atomic mass is 32.1. The van der Waals surface area contributed by atoms with Crippen molar-refractivity contribution in [1.29, 1.82) is 0 Å². The highest BCUT2D eigenvalue weighted by Gasteiger charge is 2.27. The van der Waals surface area contributed by atoms with Crippen LogP contribution in [0.3, 0.4) is 0 Å². The zero-order valence-corrected chi connectivity index (χ0v) is 17.1. The van der Waals surface area contributed by atoms with Crippen LogP contribution >= 0.6 is 11.3 Å². The SMILES string of the molecule is Cc1ccc(Cn2nc(C)c(/C=C/C(=O)Nc3nnc(C4CC4)s3)c2C)cc1. The Morgan fingerprint density at radius 3 is 2.68 bits per heavy atom. The van der Waals surface area contributed by atoms with E-state index >= 15 is 0 Å². The van der Waals surface area contributed by atoms with Gasteiger partial charge in [-0.05, 0) is 45.3 Å². The molecule has 1 N–H and O–H groups in total. The summed E-state index contributed by atoms with van der Waals surface area (Å²) in [5.41, 5.74) is 5.35. The Labute approximate surface area is 168 Å². The minimum atomic E-state index is -0.205. The minimum Gasteiger partial charge on any atom is -0.297 e. The molecule has 1 aromatic carbocycles. The molecule has 0 spiro atoms. The molecule has 3 aromatic rings. The molecule has 144 valence electrons. The average Bonchev–Trinajstić information content (AvgIpc) is 3.36. The fourth-order valence-corrected chi connectivity index (χ4v) is 3.97. The molecule has 2 heterocycles. The van der Waals surface area contributed by atoms with Crippen LogP contribution in [0, 0.1) is 20.8 Å². The molecule has 2 aromatic heterocycles. The second-order valence-corrected chi connectivity index (χ2v) is 8.28. The summed E-state index contributed by atoms with van der Waals surface area (Å²) in [6.45, 7) is 6.78. The van der Waals surface area contributed by atoms with Crippen LogP contribution in [-0.2, 0) is 11.3 Å². The molecule has 0 radical (unpaired) electrons. The van der Waals surface area contributed by atoms with Crippen molar-refractivity contribution in [2.45, 2.75) is 46.1 Å². The van der Waals surface area contributed by atoms with E-state index in [1.807, 2.05) is 24.6 Å². The number of nitrogens with zero attached hydrogens (tertiary/aromatic N) is 4. The average molecular weight is 394 g/mol. The van der Waals surface area contributed by atoms with Crippen molar-refractivity contribution >= 4 is 28.5 Å². The van der Waals surface area contributed by atoms with E-state index in [-0.39, 0.29) is 5.91 Å². The molecule has 6 nitrogen and oxygen atoms in total. The molecule has 0 aliphatic heterocycles. The monoisotopic (exact) mass is 393 g/mol. The number of aryl methyl sites for hydroxylation is 2. The van der Waals surface area contributed by atoms with E-state index in [0.29, 0.717) is 17.6 Å². The lowest BCUT2D eigenvalue weighted by Crippen LogP contribution is -2.07. The molecular weight excluding hydrogens is 370 g/mol. The Kier molecular flexibility index (Phi) is 5.09. The molecule has 1 fully saturated rings. The van der Waals surface area contributed by atoms with Crippen LogP contribution in [0.2, 0.25) is 0 Å². The van der Waals surface area contributed by atoms with Crippen LogP contribution in [-0.4, -0.2) is 25.9 Å². The Bertz CT molecular complexity index is 1030. The second kappa shape index (κ2) is 7.67. The van der Waals surface area contributed by atoms with Gasteiger partial charge in [-0.1, -0.05) is 41.2 Å². The molecular formula is C21H23N5OS. The molecule has 0 saturated heterocycles. The first-order chi connectivity index (χ1) is 13.5. The van der Waals surface area contributed by atoms with Crippen molar-refractivity contribution in [2.75, 3.05) is 5.32 Å². The van der Waals surface area contributed by atoms with Crippen LogP contribution in [0.25, 0.3) is 6.08 Å². The van der Waals surface area contributed by atoms with Gasteiger partial charge in [0.15, 0.2) is 0 Å². The summed E-state index contributed by atoms with van der Waals surface area (Å²) < 4.78 is 1.98. The van der Waals surface area contributed by atoms with Crippen LogP contribution < -0.4 is 5.32 Å². The first kappa shape index (κ1) is 18.6. The topological polar surface area (TPSA) is 72.7 Å². The Morgan fingerprint density at radius 2 is 1.96 bits per heavy atom. The predicted molar refractivity (Wildman–Crippen MR) is 112 cm³/mol. The highest BCUT2D eigenvalue weighted by molar-refractivity contribution is 7.15. The third-order valence-corrected chi connectivity index (χ3v) is 5.89. The molecule has 0 bridgehead atoms. The molecule has 1 aliphatic rings. The van der Waals surface area contributed by atoms with Gasteiger partial charge in [-0.2, -0.15) is 5.10 Å². The maximum absolute atomic E-state index is 12.2. The lowest BCUT2D eigenvalue weighted by Gasteiger charge is -2.05. The predicted octanol–water partition coefficient (Wildman–Crippen LogP) is 4.24. The van der Waals surface area contributed by atoms with Gasteiger partial charge in [0.25, 0.3) is 0 Å². The van der Waals surface area contributed by atoms with E-state index in [0.717, 1.165) is 22.0 Å². The number of anilines is 1. The standard InChI is InChI=1S/C21H23N5OS/c1-13-4-6-16(7-5-13)12-26-15(3)18(14(2)25-26)10-11-19(27)22-21-24-23-20(28-21)17-8-9-17/h4-7,10-11,17H,8-9,12H2,1-3H3,(H,22,24,27)/b11-10+. The van der Waals surface area contributed by atoms with Crippen LogP contribution in [0.1, 0.15) is 51.8 Å². The third kappa shape index (κ3) is 4.20. The fraction of sp³-hybridized carbons (Fsp3) is 0.333. The van der Waals surface area contributed by atoms with Crippen LogP contribution in [0.4, 0.5) is 5.13 Å². The van der Waals surface area contributed by atoms with Crippen molar-refractivity contribution in [3.8, 4) is 0 Å². The molecule has 7 heteroatoms.